The van der Waals surface area contributed by atoms with Gasteiger partial charge in [0.05, 0.1) is 31.1 Å². The molecule has 1 aliphatic heterocycles. The number of fused-ring (bicyclic) bond motifs is 2. The number of aromatic nitrogens is 2. The molecule has 2 aliphatic rings. The molecule has 1 saturated heterocycles. The van der Waals surface area contributed by atoms with Gasteiger partial charge in [-0.05, 0) is 36.6 Å². The van der Waals surface area contributed by atoms with E-state index in [9.17, 15) is 0 Å². The van der Waals surface area contributed by atoms with Crippen LogP contribution in [0.4, 0.5) is 0 Å². The molecule has 3 atom stereocenters. The molecule has 4 rings (SSSR count). The van der Waals surface area contributed by atoms with Gasteiger partial charge in [0.1, 0.15) is 0 Å². The van der Waals surface area contributed by atoms with E-state index in [1.807, 2.05) is 30.6 Å². The maximum Gasteiger partial charge on any atom is 0.0995 e. The van der Waals surface area contributed by atoms with E-state index in [4.69, 9.17) is 9.47 Å². The zero-order valence-corrected chi connectivity index (χ0v) is 13.8. The highest BCUT2D eigenvalue weighted by molar-refractivity contribution is 5.08. The summed E-state index contributed by atoms with van der Waals surface area (Å²) in [6.45, 7) is 3.14. The number of hydrogen-bond donors (Lipinski definition) is 0. The lowest BCUT2D eigenvalue weighted by Gasteiger charge is -2.30. The minimum Gasteiger partial charge on any atom is -0.374 e. The lowest BCUT2D eigenvalue weighted by atomic mass is 10.1. The monoisotopic (exact) mass is 325 g/mol. The zero-order valence-electron chi connectivity index (χ0n) is 13.8. The molecule has 2 aromatic rings. The van der Waals surface area contributed by atoms with Crippen LogP contribution in [0, 0.1) is 0 Å². The SMILES string of the molecule is c1ccc(CN2CCO[C@H]3CC[C@H]2[C@H]3OCc2cccnc2)nc1. The van der Waals surface area contributed by atoms with Crippen LogP contribution < -0.4 is 0 Å². The van der Waals surface area contributed by atoms with Crippen LogP contribution in [0.3, 0.4) is 0 Å². The molecule has 3 heterocycles. The number of ether oxygens (including phenoxy) is 2. The van der Waals surface area contributed by atoms with Gasteiger partial charge in [0.15, 0.2) is 0 Å². The van der Waals surface area contributed by atoms with Crippen LogP contribution in [0.5, 0.6) is 0 Å². The van der Waals surface area contributed by atoms with Crippen molar-refractivity contribution in [1.82, 2.24) is 14.9 Å². The first kappa shape index (κ1) is 15.7. The lowest BCUT2D eigenvalue weighted by Crippen LogP contribution is -2.42. The second-order valence-corrected chi connectivity index (χ2v) is 6.48. The minimum absolute atomic E-state index is 0.122. The molecule has 0 amide bonds. The minimum atomic E-state index is 0.122. The molecule has 0 radical (unpaired) electrons. The predicted octanol–water partition coefficient (Wildman–Crippen LogP) is 2.43. The zero-order chi connectivity index (χ0) is 16.2. The van der Waals surface area contributed by atoms with E-state index in [1.165, 1.54) is 0 Å². The third kappa shape index (κ3) is 3.48. The van der Waals surface area contributed by atoms with E-state index in [2.05, 4.69) is 27.0 Å². The molecule has 1 aliphatic carbocycles. The highest BCUT2D eigenvalue weighted by atomic mass is 16.5. The second kappa shape index (κ2) is 7.38. The van der Waals surface area contributed by atoms with Gasteiger partial charge < -0.3 is 9.47 Å². The van der Waals surface area contributed by atoms with E-state index in [-0.39, 0.29) is 12.2 Å². The van der Waals surface area contributed by atoms with Gasteiger partial charge in [-0.1, -0.05) is 12.1 Å². The maximum atomic E-state index is 6.28. The lowest BCUT2D eigenvalue weighted by molar-refractivity contribution is -0.0615. The largest absolute Gasteiger partial charge is 0.374 e. The van der Waals surface area contributed by atoms with E-state index in [0.29, 0.717) is 12.6 Å². The molecule has 2 aromatic heterocycles. The average molecular weight is 325 g/mol. The molecule has 2 bridgehead atoms. The summed E-state index contributed by atoms with van der Waals surface area (Å²) >= 11 is 0. The Bertz CT molecular complexity index is 638. The summed E-state index contributed by atoms with van der Waals surface area (Å²) in [5, 5.41) is 0. The van der Waals surface area contributed by atoms with Crippen molar-refractivity contribution in [1.29, 1.82) is 0 Å². The van der Waals surface area contributed by atoms with Gasteiger partial charge in [-0.3, -0.25) is 14.9 Å². The second-order valence-electron chi connectivity index (χ2n) is 6.48. The Hall–Kier alpha value is -1.82. The molecular formula is C19H23N3O2. The molecule has 1 saturated carbocycles. The maximum absolute atomic E-state index is 6.28. The van der Waals surface area contributed by atoms with Crippen LogP contribution in [0.2, 0.25) is 0 Å². The van der Waals surface area contributed by atoms with Crippen LogP contribution in [0.15, 0.2) is 48.9 Å². The molecule has 0 spiro atoms. The molecule has 2 fully saturated rings. The third-order valence-electron chi connectivity index (χ3n) is 4.93. The summed E-state index contributed by atoms with van der Waals surface area (Å²) < 4.78 is 12.3. The normalized spacial score (nSPS) is 27.1. The summed E-state index contributed by atoms with van der Waals surface area (Å²) in [6.07, 6.45) is 8.03. The molecule has 5 nitrogen and oxygen atoms in total. The van der Waals surface area contributed by atoms with Crippen LogP contribution >= 0.6 is 0 Å². The third-order valence-corrected chi connectivity index (χ3v) is 4.93. The molecule has 24 heavy (non-hydrogen) atoms. The van der Waals surface area contributed by atoms with Crippen molar-refractivity contribution in [3.05, 3.63) is 60.2 Å². The van der Waals surface area contributed by atoms with Crippen LogP contribution in [0.25, 0.3) is 0 Å². The van der Waals surface area contributed by atoms with E-state index in [1.54, 1.807) is 6.20 Å². The van der Waals surface area contributed by atoms with Gasteiger partial charge in [0.2, 0.25) is 0 Å². The fourth-order valence-electron chi connectivity index (χ4n) is 3.76. The summed E-state index contributed by atoms with van der Waals surface area (Å²) in [5.74, 6) is 0. The molecule has 126 valence electrons. The van der Waals surface area contributed by atoms with Gasteiger partial charge in [0.25, 0.3) is 0 Å². The van der Waals surface area contributed by atoms with Crippen molar-refractivity contribution in [2.24, 2.45) is 0 Å². The standard InChI is InChI=1S/C19H23N3O2/c1-2-9-21-16(5-1)13-22-10-11-23-18-7-6-17(22)19(18)24-14-15-4-3-8-20-12-15/h1-5,8-9,12,17-19H,6-7,10-11,13-14H2/t17-,18-,19+/m0/s1. The number of nitrogens with zero attached hydrogens (tertiary/aromatic N) is 3. The van der Waals surface area contributed by atoms with Gasteiger partial charge >= 0.3 is 0 Å². The van der Waals surface area contributed by atoms with Crippen molar-refractivity contribution in [2.75, 3.05) is 13.2 Å². The summed E-state index contributed by atoms with van der Waals surface area (Å²) in [7, 11) is 0. The highest BCUT2D eigenvalue weighted by Gasteiger charge is 2.43. The van der Waals surface area contributed by atoms with Crippen molar-refractivity contribution >= 4 is 0 Å². The van der Waals surface area contributed by atoms with Gasteiger partial charge in [-0.25, -0.2) is 0 Å². The van der Waals surface area contributed by atoms with Crippen molar-refractivity contribution in [2.45, 2.75) is 44.2 Å². The fourth-order valence-corrected chi connectivity index (χ4v) is 3.76. The summed E-state index contributed by atoms with van der Waals surface area (Å²) in [6, 6.07) is 10.5. The molecular weight excluding hydrogens is 302 g/mol. The molecule has 5 heteroatoms. The van der Waals surface area contributed by atoms with Crippen molar-refractivity contribution in [3.63, 3.8) is 0 Å². The Labute approximate surface area is 142 Å². The molecule has 0 aromatic carbocycles. The Kier molecular flexibility index (Phi) is 4.83. The quantitative estimate of drug-likeness (QED) is 0.845. The smallest absolute Gasteiger partial charge is 0.0995 e. The topological polar surface area (TPSA) is 47.5 Å². The summed E-state index contributed by atoms with van der Waals surface area (Å²) in [4.78, 5) is 11.1. The van der Waals surface area contributed by atoms with Crippen LogP contribution in [-0.2, 0) is 22.6 Å². The van der Waals surface area contributed by atoms with Crippen molar-refractivity contribution in [3.8, 4) is 0 Å². The summed E-state index contributed by atoms with van der Waals surface area (Å²) in [5.41, 5.74) is 2.21. The van der Waals surface area contributed by atoms with Gasteiger partial charge in [-0.2, -0.15) is 0 Å². The average Bonchev–Trinajstić information content (AvgIpc) is 2.94. The molecule has 0 unspecified atom stereocenters. The predicted molar refractivity (Wildman–Crippen MR) is 90.2 cm³/mol. The van der Waals surface area contributed by atoms with E-state index < -0.39 is 0 Å². The van der Waals surface area contributed by atoms with Crippen LogP contribution in [-0.4, -0.2) is 46.3 Å². The number of hydrogen-bond acceptors (Lipinski definition) is 5. The fraction of sp³-hybridized carbons (Fsp3) is 0.474. The Morgan fingerprint density at radius 2 is 2.17 bits per heavy atom. The number of pyridine rings is 2. The van der Waals surface area contributed by atoms with Crippen molar-refractivity contribution < 1.29 is 9.47 Å². The number of rotatable bonds is 5. The molecule has 0 N–H and O–H groups in total. The first-order valence-electron chi connectivity index (χ1n) is 8.66. The Balaban J connectivity index is 1.45. The first-order valence-corrected chi connectivity index (χ1v) is 8.66. The van der Waals surface area contributed by atoms with E-state index in [0.717, 1.165) is 43.8 Å². The Morgan fingerprint density at radius 3 is 3.00 bits per heavy atom. The van der Waals surface area contributed by atoms with Gasteiger partial charge in [-0.15, -0.1) is 0 Å². The van der Waals surface area contributed by atoms with Crippen LogP contribution in [0.1, 0.15) is 24.1 Å². The van der Waals surface area contributed by atoms with E-state index >= 15 is 0 Å². The van der Waals surface area contributed by atoms with Gasteiger partial charge in [0, 0.05) is 37.7 Å². The highest BCUT2D eigenvalue weighted by Crippen LogP contribution is 2.33. The Morgan fingerprint density at radius 1 is 1.17 bits per heavy atom. The first-order chi connectivity index (χ1) is 11.9.